The molecule has 1 aromatic rings. The van der Waals surface area contributed by atoms with Gasteiger partial charge in [-0.05, 0) is 26.0 Å². The van der Waals surface area contributed by atoms with Crippen LogP contribution < -0.4 is 5.32 Å². The fourth-order valence-corrected chi connectivity index (χ4v) is 1.91. The molecule has 120 valence electrons. The minimum atomic E-state index is -2.16. The summed E-state index contributed by atoms with van der Waals surface area (Å²) in [6, 6.07) is 2.80. The van der Waals surface area contributed by atoms with E-state index in [-0.39, 0.29) is 18.9 Å². The Labute approximate surface area is 133 Å². The van der Waals surface area contributed by atoms with Gasteiger partial charge in [0.1, 0.15) is 0 Å². The van der Waals surface area contributed by atoms with Gasteiger partial charge in [-0.25, -0.2) is 9.59 Å². The summed E-state index contributed by atoms with van der Waals surface area (Å²) in [7, 11) is 0. The van der Waals surface area contributed by atoms with Crippen LogP contribution in [0.2, 0.25) is 5.02 Å². The van der Waals surface area contributed by atoms with Gasteiger partial charge in [0.2, 0.25) is 5.91 Å². The lowest BCUT2D eigenvalue weighted by molar-refractivity contribution is -0.169. The van der Waals surface area contributed by atoms with E-state index in [2.05, 4.69) is 10.3 Å². The van der Waals surface area contributed by atoms with Crippen molar-refractivity contribution in [2.45, 2.75) is 26.3 Å². The topological polar surface area (TPSA) is 94.6 Å². The highest BCUT2D eigenvalue weighted by Gasteiger charge is 2.53. The van der Waals surface area contributed by atoms with Crippen LogP contribution in [-0.2, 0) is 29.4 Å². The first-order chi connectivity index (χ1) is 10.4. The molecule has 0 aliphatic rings. The molecule has 1 N–H and O–H groups in total. The third-order valence-corrected chi connectivity index (χ3v) is 2.86. The largest absolute Gasteiger partial charge is 0.463 e. The van der Waals surface area contributed by atoms with Gasteiger partial charge in [0.15, 0.2) is 0 Å². The first kappa shape index (κ1) is 17.9. The molecule has 0 unspecified atom stereocenters. The first-order valence-electron chi connectivity index (χ1n) is 6.63. The predicted octanol–water partition coefficient (Wildman–Crippen LogP) is 1.19. The number of pyridine rings is 1. The summed E-state index contributed by atoms with van der Waals surface area (Å²) in [5, 5.41) is 2.62. The molecule has 8 heteroatoms. The molecule has 1 heterocycles. The maximum Gasteiger partial charge on any atom is 0.350 e. The van der Waals surface area contributed by atoms with Crippen LogP contribution in [0.1, 0.15) is 26.5 Å². The number of rotatable bonds is 6. The zero-order valence-corrected chi connectivity index (χ0v) is 13.3. The van der Waals surface area contributed by atoms with Crippen LogP contribution in [0, 0.1) is 0 Å². The summed E-state index contributed by atoms with van der Waals surface area (Å²) >= 11 is 5.77. The maximum absolute atomic E-state index is 12.4. The Morgan fingerprint density at radius 1 is 1.18 bits per heavy atom. The lowest BCUT2D eigenvalue weighted by atomic mass is 9.94. The molecule has 0 aromatic carbocycles. The van der Waals surface area contributed by atoms with Gasteiger partial charge in [0.25, 0.3) is 5.54 Å². The van der Waals surface area contributed by atoms with Crippen molar-refractivity contribution in [1.82, 2.24) is 10.3 Å². The molecular formula is C14H17ClN2O5. The summed E-state index contributed by atoms with van der Waals surface area (Å²) < 4.78 is 9.87. The predicted molar refractivity (Wildman–Crippen MR) is 78.0 cm³/mol. The average molecular weight is 329 g/mol. The Morgan fingerprint density at radius 2 is 1.73 bits per heavy atom. The van der Waals surface area contributed by atoms with Crippen LogP contribution in [0.3, 0.4) is 0 Å². The number of amides is 1. The van der Waals surface area contributed by atoms with Gasteiger partial charge in [-0.15, -0.1) is 0 Å². The Morgan fingerprint density at radius 3 is 2.09 bits per heavy atom. The third-order valence-electron chi connectivity index (χ3n) is 2.64. The zero-order chi connectivity index (χ0) is 16.8. The molecule has 7 nitrogen and oxygen atoms in total. The minimum Gasteiger partial charge on any atom is -0.463 e. The number of nitrogens with zero attached hydrogens (tertiary/aromatic N) is 1. The lowest BCUT2D eigenvalue weighted by Gasteiger charge is -2.29. The molecule has 1 aromatic heterocycles. The first-order valence-corrected chi connectivity index (χ1v) is 7.01. The highest BCUT2D eigenvalue weighted by molar-refractivity contribution is 6.30. The molecule has 0 aliphatic carbocycles. The fourth-order valence-electron chi connectivity index (χ4n) is 1.80. The molecule has 0 saturated carbocycles. The summed E-state index contributed by atoms with van der Waals surface area (Å²) in [5.74, 6) is -2.56. The van der Waals surface area contributed by atoms with Gasteiger partial charge in [0.05, 0.1) is 23.9 Å². The van der Waals surface area contributed by atoms with Crippen molar-refractivity contribution in [3.05, 3.63) is 29.0 Å². The number of halogens is 1. The van der Waals surface area contributed by atoms with E-state index in [9.17, 15) is 14.4 Å². The van der Waals surface area contributed by atoms with E-state index in [0.717, 1.165) is 0 Å². The molecule has 0 bridgehead atoms. The number of hydrogen-bond donors (Lipinski definition) is 1. The van der Waals surface area contributed by atoms with Crippen LogP contribution in [0.5, 0.6) is 0 Å². The van der Waals surface area contributed by atoms with Gasteiger partial charge in [-0.2, -0.15) is 0 Å². The molecule has 0 saturated heterocycles. The zero-order valence-electron chi connectivity index (χ0n) is 12.5. The number of carbonyl (C=O) groups excluding carboxylic acids is 3. The van der Waals surface area contributed by atoms with Crippen LogP contribution >= 0.6 is 11.6 Å². The van der Waals surface area contributed by atoms with E-state index in [1.165, 1.54) is 25.3 Å². The number of carbonyl (C=O) groups is 3. The second-order valence-corrected chi connectivity index (χ2v) is 4.67. The van der Waals surface area contributed by atoms with Crippen molar-refractivity contribution in [3.63, 3.8) is 0 Å². The molecule has 1 amide bonds. The van der Waals surface area contributed by atoms with E-state index < -0.39 is 23.4 Å². The van der Waals surface area contributed by atoms with Crippen molar-refractivity contribution in [1.29, 1.82) is 0 Å². The molecule has 0 fully saturated rings. The molecule has 0 atom stereocenters. The maximum atomic E-state index is 12.4. The second kappa shape index (κ2) is 7.74. The van der Waals surface area contributed by atoms with Gasteiger partial charge in [-0.1, -0.05) is 11.6 Å². The van der Waals surface area contributed by atoms with Crippen LogP contribution in [-0.4, -0.2) is 36.0 Å². The quantitative estimate of drug-likeness (QED) is 0.622. The third kappa shape index (κ3) is 3.73. The fraction of sp³-hybridized carbons (Fsp3) is 0.429. The van der Waals surface area contributed by atoms with E-state index in [1.807, 2.05) is 0 Å². The van der Waals surface area contributed by atoms with Gasteiger partial charge in [-0.3, -0.25) is 9.78 Å². The number of nitrogens with one attached hydrogen (secondary N) is 1. The number of hydrogen-bond acceptors (Lipinski definition) is 6. The lowest BCUT2D eigenvalue weighted by Crippen LogP contribution is -2.58. The van der Waals surface area contributed by atoms with Crippen LogP contribution in [0.4, 0.5) is 0 Å². The van der Waals surface area contributed by atoms with Gasteiger partial charge < -0.3 is 14.8 Å². The van der Waals surface area contributed by atoms with Crippen molar-refractivity contribution in [2.24, 2.45) is 0 Å². The summed E-state index contributed by atoms with van der Waals surface area (Å²) in [5.41, 5.74) is -2.20. The minimum absolute atomic E-state index is 0.0210. The van der Waals surface area contributed by atoms with E-state index in [0.29, 0.717) is 5.02 Å². The second-order valence-electron chi connectivity index (χ2n) is 4.23. The van der Waals surface area contributed by atoms with E-state index >= 15 is 0 Å². The highest BCUT2D eigenvalue weighted by Crippen LogP contribution is 2.25. The Bertz CT molecular complexity index is 541. The molecular weight excluding hydrogens is 312 g/mol. The van der Waals surface area contributed by atoms with Crippen molar-refractivity contribution < 1.29 is 23.9 Å². The molecule has 0 spiro atoms. The number of aromatic nitrogens is 1. The average Bonchev–Trinajstić information content (AvgIpc) is 2.46. The summed E-state index contributed by atoms with van der Waals surface area (Å²) in [6.07, 6.45) is 1.26. The van der Waals surface area contributed by atoms with Crippen molar-refractivity contribution in [3.8, 4) is 0 Å². The number of esters is 2. The Balaban J connectivity index is 3.48. The van der Waals surface area contributed by atoms with Crippen molar-refractivity contribution >= 4 is 29.4 Å². The monoisotopic (exact) mass is 328 g/mol. The van der Waals surface area contributed by atoms with Crippen LogP contribution in [0.25, 0.3) is 0 Å². The standard InChI is InChI=1S/C14H17ClN2O5/c1-4-21-12(19)14(17-9(3)18,13(20)22-5-2)11-7-6-10(15)8-16-11/h6-8H,4-5H2,1-3H3,(H,17,18). The number of ether oxygens (including phenoxy) is 2. The van der Waals surface area contributed by atoms with Gasteiger partial charge in [0, 0.05) is 13.1 Å². The molecule has 0 radical (unpaired) electrons. The molecule has 22 heavy (non-hydrogen) atoms. The summed E-state index contributed by atoms with van der Waals surface area (Å²) in [6.45, 7) is 4.37. The summed E-state index contributed by atoms with van der Waals surface area (Å²) in [4.78, 5) is 40.3. The Hall–Kier alpha value is -2.15. The van der Waals surface area contributed by atoms with Crippen molar-refractivity contribution in [2.75, 3.05) is 13.2 Å². The Kier molecular flexibility index (Phi) is 6.30. The molecule has 0 aliphatic heterocycles. The smallest absolute Gasteiger partial charge is 0.350 e. The SMILES string of the molecule is CCOC(=O)C(NC(C)=O)(C(=O)OCC)c1ccc(Cl)cn1. The van der Waals surface area contributed by atoms with E-state index in [4.69, 9.17) is 21.1 Å². The van der Waals surface area contributed by atoms with Gasteiger partial charge >= 0.3 is 11.9 Å². The normalized spacial score (nSPS) is 10.7. The van der Waals surface area contributed by atoms with Crippen LogP contribution in [0.15, 0.2) is 18.3 Å². The molecule has 1 rings (SSSR count). The van der Waals surface area contributed by atoms with E-state index in [1.54, 1.807) is 13.8 Å². The highest BCUT2D eigenvalue weighted by atomic mass is 35.5.